The third-order valence-corrected chi connectivity index (χ3v) is 7.08. The number of amides is 1. The molecule has 1 N–H and O–H groups in total. The molecule has 0 spiro atoms. The summed E-state index contributed by atoms with van der Waals surface area (Å²) in [5.74, 6) is 0.978. The molecule has 1 amide bonds. The van der Waals surface area contributed by atoms with Crippen LogP contribution in [0.15, 0.2) is 77.7 Å². The molecule has 0 bridgehead atoms. The largest absolute Gasteiger partial charge is 0.486 e. The number of nitrogens with one attached hydrogen (secondary N) is 1. The summed E-state index contributed by atoms with van der Waals surface area (Å²) in [6.45, 7) is 4.65. The number of fused-ring (bicyclic) bond motifs is 1. The number of anilines is 2. The maximum absolute atomic E-state index is 13.4. The Morgan fingerprint density at radius 1 is 0.939 bits per heavy atom. The molecule has 0 radical (unpaired) electrons. The van der Waals surface area contributed by atoms with Gasteiger partial charge in [-0.25, -0.2) is 8.42 Å². The number of hydrogen-bond acceptors (Lipinski definition) is 5. The number of rotatable bonds is 7. The van der Waals surface area contributed by atoms with E-state index in [2.05, 4.69) is 19.2 Å². The standard InChI is InChI=1S/C25H26N2O5S/c1-18(2)19-8-11-21(12-9-19)27(33(29,30)22-6-4-3-5-7-22)17-25(28)26-20-10-13-23-24(16-20)32-15-14-31-23/h3-13,16,18H,14-15,17H2,1-2H3,(H,26,28). The maximum atomic E-state index is 13.4. The fraction of sp³-hybridized carbons (Fsp3) is 0.240. The van der Waals surface area contributed by atoms with E-state index in [1.54, 1.807) is 48.5 Å². The number of ether oxygens (including phenoxy) is 2. The van der Waals surface area contributed by atoms with Gasteiger partial charge < -0.3 is 14.8 Å². The molecule has 0 unspecified atom stereocenters. The Kier molecular flexibility index (Phi) is 6.55. The number of benzene rings is 3. The molecule has 8 heteroatoms. The van der Waals surface area contributed by atoms with E-state index in [-0.39, 0.29) is 11.4 Å². The molecule has 0 saturated carbocycles. The second-order valence-electron chi connectivity index (χ2n) is 7.98. The lowest BCUT2D eigenvalue weighted by molar-refractivity contribution is -0.114. The van der Waals surface area contributed by atoms with Crippen molar-refractivity contribution in [2.24, 2.45) is 0 Å². The summed E-state index contributed by atoms with van der Waals surface area (Å²) in [4.78, 5) is 13.0. The van der Waals surface area contributed by atoms with Crippen molar-refractivity contribution >= 4 is 27.3 Å². The average Bonchev–Trinajstić information content (AvgIpc) is 2.83. The zero-order chi connectivity index (χ0) is 23.4. The van der Waals surface area contributed by atoms with Crippen LogP contribution < -0.4 is 19.1 Å². The molecule has 0 aliphatic carbocycles. The lowest BCUT2D eigenvalue weighted by atomic mass is 10.0. The zero-order valence-electron chi connectivity index (χ0n) is 18.5. The number of carbonyl (C=O) groups excluding carboxylic acids is 1. The topological polar surface area (TPSA) is 84.9 Å². The van der Waals surface area contributed by atoms with Crippen LogP contribution in [0.2, 0.25) is 0 Å². The van der Waals surface area contributed by atoms with E-state index in [0.29, 0.717) is 42.0 Å². The van der Waals surface area contributed by atoms with Crippen molar-refractivity contribution in [1.82, 2.24) is 0 Å². The smallest absolute Gasteiger partial charge is 0.264 e. The van der Waals surface area contributed by atoms with Gasteiger partial charge in [-0.15, -0.1) is 0 Å². The van der Waals surface area contributed by atoms with E-state index < -0.39 is 15.9 Å². The fourth-order valence-corrected chi connectivity index (χ4v) is 4.95. The van der Waals surface area contributed by atoms with Crippen molar-refractivity contribution in [3.63, 3.8) is 0 Å². The fourth-order valence-electron chi connectivity index (χ4n) is 3.51. The molecule has 0 saturated heterocycles. The van der Waals surface area contributed by atoms with Gasteiger partial charge in [-0.05, 0) is 47.9 Å². The van der Waals surface area contributed by atoms with E-state index in [1.165, 1.54) is 12.1 Å². The Hall–Kier alpha value is -3.52. The van der Waals surface area contributed by atoms with Gasteiger partial charge in [0.1, 0.15) is 19.8 Å². The molecule has 0 atom stereocenters. The molecule has 0 fully saturated rings. The predicted molar refractivity (Wildman–Crippen MR) is 128 cm³/mol. The maximum Gasteiger partial charge on any atom is 0.264 e. The highest BCUT2D eigenvalue weighted by Gasteiger charge is 2.27. The van der Waals surface area contributed by atoms with Gasteiger partial charge in [-0.2, -0.15) is 0 Å². The highest BCUT2D eigenvalue weighted by molar-refractivity contribution is 7.92. The molecule has 3 aromatic rings. The highest BCUT2D eigenvalue weighted by Crippen LogP contribution is 2.33. The van der Waals surface area contributed by atoms with Crippen molar-refractivity contribution in [3.8, 4) is 11.5 Å². The number of nitrogens with zero attached hydrogens (tertiary/aromatic N) is 1. The van der Waals surface area contributed by atoms with Crippen molar-refractivity contribution in [2.45, 2.75) is 24.7 Å². The lowest BCUT2D eigenvalue weighted by Gasteiger charge is -2.25. The van der Waals surface area contributed by atoms with Crippen LogP contribution in [0, 0.1) is 0 Å². The van der Waals surface area contributed by atoms with Gasteiger partial charge in [-0.3, -0.25) is 9.10 Å². The third-order valence-electron chi connectivity index (χ3n) is 5.29. The highest BCUT2D eigenvalue weighted by atomic mass is 32.2. The van der Waals surface area contributed by atoms with Crippen molar-refractivity contribution in [3.05, 3.63) is 78.4 Å². The quantitative estimate of drug-likeness (QED) is 0.557. The zero-order valence-corrected chi connectivity index (χ0v) is 19.3. The van der Waals surface area contributed by atoms with Gasteiger partial charge in [0.05, 0.1) is 10.6 Å². The average molecular weight is 467 g/mol. The molecule has 7 nitrogen and oxygen atoms in total. The Balaban J connectivity index is 1.61. The van der Waals surface area contributed by atoms with Gasteiger partial charge in [0.15, 0.2) is 11.5 Å². The Morgan fingerprint density at radius 3 is 2.27 bits per heavy atom. The molecule has 3 aromatic carbocycles. The summed E-state index contributed by atoms with van der Waals surface area (Å²) in [6.07, 6.45) is 0. The van der Waals surface area contributed by atoms with Gasteiger partial charge in [0.2, 0.25) is 5.91 Å². The predicted octanol–water partition coefficient (Wildman–Crippen LogP) is 4.42. The molecular formula is C25H26N2O5S. The van der Waals surface area contributed by atoms with Crippen molar-refractivity contribution in [2.75, 3.05) is 29.4 Å². The first-order chi connectivity index (χ1) is 15.8. The molecule has 1 heterocycles. The molecule has 1 aliphatic rings. The monoisotopic (exact) mass is 466 g/mol. The normalized spacial score (nSPS) is 12.9. The summed E-state index contributed by atoms with van der Waals surface area (Å²) >= 11 is 0. The summed E-state index contributed by atoms with van der Waals surface area (Å²) < 4.78 is 39.1. The molecular weight excluding hydrogens is 440 g/mol. The second-order valence-corrected chi connectivity index (χ2v) is 9.84. The minimum absolute atomic E-state index is 0.116. The minimum Gasteiger partial charge on any atom is -0.486 e. The number of hydrogen-bond donors (Lipinski definition) is 1. The van der Waals surface area contributed by atoms with Crippen LogP contribution in [0.4, 0.5) is 11.4 Å². The summed E-state index contributed by atoms with van der Waals surface area (Å²) in [6, 6.07) is 20.4. The van der Waals surface area contributed by atoms with E-state index >= 15 is 0 Å². The van der Waals surface area contributed by atoms with Crippen LogP contribution in [0.5, 0.6) is 11.5 Å². The summed E-state index contributed by atoms with van der Waals surface area (Å²) in [7, 11) is -3.96. The van der Waals surface area contributed by atoms with Crippen LogP contribution in [-0.4, -0.2) is 34.1 Å². The summed E-state index contributed by atoms with van der Waals surface area (Å²) in [5, 5.41) is 2.76. The van der Waals surface area contributed by atoms with Crippen molar-refractivity contribution in [1.29, 1.82) is 0 Å². The first-order valence-corrected chi connectivity index (χ1v) is 12.2. The SMILES string of the molecule is CC(C)c1ccc(N(CC(=O)Nc2ccc3c(c2)OCCO3)S(=O)(=O)c2ccccc2)cc1. The first-order valence-electron chi connectivity index (χ1n) is 10.7. The van der Waals surface area contributed by atoms with Gasteiger partial charge >= 0.3 is 0 Å². The van der Waals surface area contributed by atoms with E-state index in [1.807, 2.05) is 12.1 Å². The molecule has 172 valence electrons. The summed E-state index contributed by atoms with van der Waals surface area (Å²) in [5.41, 5.74) is 1.99. The Morgan fingerprint density at radius 2 is 1.61 bits per heavy atom. The Labute approximate surface area is 194 Å². The number of sulfonamides is 1. The Bertz CT molecular complexity index is 1230. The van der Waals surface area contributed by atoms with Crippen LogP contribution in [-0.2, 0) is 14.8 Å². The first kappa shape index (κ1) is 22.7. The van der Waals surface area contributed by atoms with Crippen LogP contribution >= 0.6 is 0 Å². The van der Waals surface area contributed by atoms with Crippen molar-refractivity contribution < 1.29 is 22.7 Å². The molecule has 33 heavy (non-hydrogen) atoms. The molecule has 4 rings (SSSR count). The van der Waals surface area contributed by atoms with E-state index in [9.17, 15) is 13.2 Å². The minimum atomic E-state index is -3.96. The van der Waals surface area contributed by atoms with Gasteiger partial charge in [0, 0.05) is 11.8 Å². The van der Waals surface area contributed by atoms with Crippen LogP contribution in [0.1, 0.15) is 25.3 Å². The van der Waals surface area contributed by atoms with Crippen LogP contribution in [0.25, 0.3) is 0 Å². The van der Waals surface area contributed by atoms with Gasteiger partial charge in [0.25, 0.3) is 10.0 Å². The molecule has 1 aliphatic heterocycles. The van der Waals surface area contributed by atoms with E-state index in [4.69, 9.17) is 9.47 Å². The third kappa shape index (κ3) is 5.12. The van der Waals surface area contributed by atoms with E-state index in [0.717, 1.165) is 9.87 Å². The molecule has 0 aromatic heterocycles. The van der Waals surface area contributed by atoms with Gasteiger partial charge in [-0.1, -0.05) is 44.2 Å². The van der Waals surface area contributed by atoms with Crippen LogP contribution in [0.3, 0.4) is 0 Å². The lowest BCUT2D eigenvalue weighted by Crippen LogP contribution is -2.38. The second kappa shape index (κ2) is 9.54. The number of carbonyl (C=O) groups is 1.